The third kappa shape index (κ3) is 2.27. The standard InChI is InChI=1S/C16H24S/c1-11(17)12-6-7-13-14(10-12)16(4,5)9-8-15(13,2)3/h6-7,10-11,17H,8-9H2,1-5H3. The Balaban J connectivity index is 2.60. The molecule has 0 aliphatic heterocycles. The van der Waals surface area contributed by atoms with Gasteiger partial charge in [-0.1, -0.05) is 45.9 Å². The highest BCUT2D eigenvalue weighted by Gasteiger charge is 2.36. The lowest BCUT2D eigenvalue weighted by Gasteiger charge is -2.42. The Hall–Kier alpha value is -0.430. The van der Waals surface area contributed by atoms with E-state index in [9.17, 15) is 0 Å². The van der Waals surface area contributed by atoms with Gasteiger partial charge in [-0.3, -0.25) is 0 Å². The Morgan fingerprint density at radius 2 is 1.53 bits per heavy atom. The summed E-state index contributed by atoms with van der Waals surface area (Å²) in [4.78, 5) is 0. The van der Waals surface area contributed by atoms with Crippen molar-refractivity contribution < 1.29 is 0 Å². The molecule has 0 aromatic heterocycles. The molecule has 0 saturated carbocycles. The molecule has 0 spiro atoms. The summed E-state index contributed by atoms with van der Waals surface area (Å²) in [6, 6.07) is 6.96. The number of hydrogen-bond donors (Lipinski definition) is 1. The first-order chi connectivity index (χ1) is 7.74. The molecule has 0 amide bonds. The molecule has 0 fully saturated rings. The molecule has 0 heterocycles. The van der Waals surface area contributed by atoms with Crippen LogP contribution in [0.4, 0.5) is 0 Å². The molecule has 2 rings (SSSR count). The molecule has 0 radical (unpaired) electrons. The summed E-state index contributed by atoms with van der Waals surface area (Å²) in [5.41, 5.74) is 5.05. The molecule has 1 atom stereocenters. The van der Waals surface area contributed by atoms with E-state index in [-0.39, 0.29) is 0 Å². The van der Waals surface area contributed by atoms with Crippen molar-refractivity contribution in [3.8, 4) is 0 Å². The predicted molar refractivity (Wildman–Crippen MR) is 79.1 cm³/mol. The molecule has 0 bridgehead atoms. The third-order valence-electron chi connectivity index (χ3n) is 4.36. The van der Waals surface area contributed by atoms with Crippen LogP contribution < -0.4 is 0 Å². The number of fused-ring (bicyclic) bond motifs is 1. The van der Waals surface area contributed by atoms with Crippen molar-refractivity contribution in [1.29, 1.82) is 0 Å². The van der Waals surface area contributed by atoms with Gasteiger partial charge in [-0.25, -0.2) is 0 Å². The molecule has 94 valence electrons. The fraction of sp³-hybridized carbons (Fsp3) is 0.625. The predicted octanol–water partition coefficient (Wildman–Crippen LogP) is 5.03. The van der Waals surface area contributed by atoms with Crippen molar-refractivity contribution in [1.82, 2.24) is 0 Å². The second-order valence-electron chi connectivity index (χ2n) is 6.75. The quantitative estimate of drug-likeness (QED) is 0.662. The van der Waals surface area contributed by atoms with Crippen LogP contribution in [-0.2, 0) is 10.8 Å². The van der Waals surface area contributed by atoms with Gasteiger partial charge in [0.25, 0.3) is 0 Å². The number of hydrogen-bond acceptors (Lipinski definition) is 1. The summed E-state index contributed by atoms with van der Waals surface area (Å²) in [7, 11) is 0. The molecule has 1 unspecified atom stereocenters. The minimum absolute atomic E-state index is 0.309. The Kier molecular flexibility index (Phi) is 3.10. The normalized spacial score (nSPS) is 22.9. The minimum Gasteiger partial charge on any atom is -0.171 e. The van der Waals surface area contributed by atoms with Crippen LogP contribution in [0.1, 0.15) is 69.4 Å². The average molecular weight is 248 g/mol. The Labute approximate surface area is 111 Å². The van der Waals surface area contributed by atoms with E-state index in [2.05, 4.69) is 65.4 Å². The maximum Gasteiger partial charge on any atom is 0.0238 e. The Morgan fingerprint density at radius 1 is 1.00 bits per heavy atom. The molecule has 17 heavy (non-hydrogen) atoms. The monoisotopic (exact) mass is 248 g/mol. The molecule has 1 aliphatic rings. The maximum atomic E-state index is 4.56. The first kappa shape index (κ1) is 13.0. The molecular weight excluding hydrogens is 224 g/mol. The van der Waals surface area contributed by atoms with E-state index in [1.54, 1.807) is 0 Å². The lowest BCUT2D eigenvalue weighted by Crippen LogP contribution is -2.33. The van der Waals surface area contributed by atoms with Gasteiger partial charge in [0.05, 0.1) is 0 Å². The second-order valence-corrected chi connectivity index (χ2v) is 7.52. The molecular formula is C16H24S. The first-order valence-corrected chi connectivity index (χ1v) is 7.09. The van der Waals surface area contributed by atoms with E-state index in [0.717, 1.165) is 0 Å². The summed E-state index contributed by atoms with van der Waals surface area (Å²) >= 11 is 4.56. The van der Waals surface area contributed by atoms with Crippen LogP contribution in [0.15, 0.2) is 18.2 Å². The summed E-state index contributed by atoms with van der Waals surface area (Å²) in [5.74, 6) is 0. The molecule has 0 nitrogen and oxygen atoms in total. The van der Waals surface area contributed by atoms with Gasteiger partial charge in [0.1, 0.15) is 0 Å². The van der Waals surface area contributed by atoms with Crippen LogP contribution in [0.5, 0.6) is 0 Å². The van der Waals surface area contributed by atoms with Gasteiger partial charge in [-0.05, 0) is 47.3 Å². The summed E-state index contributed by atoms with van der Waals surface area (Å²) < 4.78 is 0. The molecule has 0 saturated heterocycles. The van der Waals surface area contributed by atoms with Crippen LogP contribution in [0, 0.1) is 0 Å². The highest BCUT2D eigenvalue weighted by Crippen LogP contribution is 2.46. The molecule has 1 aliphatic carbocycles. The smallest absolute Gasteiger partial charge is 0.0238 e. The zero-order chi connectivity index (χ0) is 12.8. The zero-order valence-corrected chi connectivity index (χ0v) is 12.6. The van der Waals surface area contributed by atoms with Gasteiger partial charge >= 0.3 is 0 Å². The van der Waals surface area contributed by atoms with Crippen LogP contribution in [0.2, 0.25) is 0 Å². The fourth-order valence-corrected chi connectivity index (χ4v) is 3.03. The van der Waals surface area contributed by atoms with Gasteiger partial charge in [-0.2, -0.15) is 12.6 Å². The van der Waals surface area contributed by atoms with Crippen LogP contribution in [-0.4, -0.2) is 0 Å². The third-order valence-corrected chi connectivity index (χ3v) is 4.66. The van der Waals surface area contributed by atoms with E-state index < -0.39 is 0 Å². The van der Waals surface area contributed by atoms with Crippen molar-refractivity contribution in [2.45, 2.75) is 63.5 Å². The van der Waals surface area contributed by atoms with Crippen LogP contribution in [0.3, 0.4) is 0 Å². The number of rotatable bonds is 1. The minimum atomic E-state index is 0.309. The average Bonchev–Trinajstić information content (AvgIpc) is 2.24. The molecule has 1 heteroatoms. The Bertz CT molecular complexity index is 427. The van der Waals surface area contributed by atoms with E-state index in [4.69, 9.17) is 0 Å². The van der Waals surface area contributed by atoms with Gasteiger partial charge in [0.15, 0.2) is 0 Å². The number of thiol groups is 1. The van der Waals surface area contributed by atoms with Crippen LogP contribution in [0.25, 0.3) is 0 Å². The van der Waals surface area contributed by atoms with Crippen molar-refractivity contribution >= 4 is 12.6 Å². The summed E-state index contributed by atoms with van der Waals surface area (Å²) in [5, 5.41) is 0.320. The van der Waals surface area contributed by atoms with Gasteiger partial charge < -0.3 is 0 Å². The molecule has 0 N–H and O–H groups in total. The Morgan fingerprint density at radius 3 is 2.06 bits per heavy atom. The van der Waals surface area contributed by atoms with Crippen LogP contribution >= 0.6 is 12.6 Å². The molecule has 1 aromatic carbocycles. The lowest BCUT2D eigenvalue weighted by atomic mass is 9.63. The van der Waals surface area contributed by atoms with Gasteiger partial charge in [0, 0.05) is 5.25 Å². The van der Waals surface area contributed by atoms with E-state index >= 15 is 0 Å². The van der Waals surface area contributed by atoms with E-state index in [0.29, 0.717) is 16.1 Å². The lowest BCUT2D eigenvalue weighted by molar-refractivity contribution is 0.331. The van der Waals surface area contributed by atoms with Crippen molar-refractivity contribution in [3.05, 3.63) is 34.9 Å². The van der Waals surface area contributed by atoms with Crippen molar-refractivity contribution in [2.24, 2.45) is 0 Å². The van der Waals surface area contributed by atoms with Gasteiger partial charge in [-0.15, -0.1) is 0 Å². The molecule has 1 aromatic rings. The topological polar surface area (TPSA) is 0 Å². The van der Waals surface area contributed by atoms with E-state index in [1.807, 2.05) is 0 Å². The SMILES string of the molecule is CC(S)c1ccc2c(c1)C(C)(C)CCC2(C)C. The first-order valence-electron chi connectivity index (χ1n) is 6.57. The van der Waals surface area contributed by atoms with E-state index in [1.165, 1.54) is 29.5 Å². The maximum absolute atomic E-state index is 4.56. The largest absolute Gasteiger partial charge is 0.171 e. The van der Waals surface area contributed by atoms with Crippen molar-refractivity contribution in [2.75, 3.05) is 0 Å². The second kappa shape index (κ2) is 4.05. The number of benzene rings is 1. The zero-order valence-electron chi connectivity index (χ0n) is 11.7. The fourth-order valence-electron chi connectivity index (χ4n) is 2.87. The highest BCUT2D eigenvalue weighted by atomic mass is 32.1. The highest BCUT2D eigenvalue weighted by molar-refractivity contribution is 7.80. The summed E-state index contributed by atoms with van der Waals surface area (Å²) in [6.45, 7) is 11.6. The summed E-state index contributed by atoms with van der Waals surface area (Å²) in [6.07, 6.45) is 2.56. The van der Waals surface area contributed by atoms with Crippen molar-refractivity contribution in [3.63, 3.8) is 0 Å². The van der Waals surface area contributed by atoms with Gasteiger partial charge in [0.2, 0.25) is 0 Å².